The van der Waals surface area contributed by atoms with Gasteiger partial charge in [0.15, 0.2) is 11.5 Å². The fourth-order valence-electron chi connectivity index (χ4n) is 1.16. The van der Waals surface area contributed by atoms with Crippen LogP contribution in [0.25, 0.3) is 0 Å². The van der Waals surface area contributed by atoms with E-state index in [1.807, 2.05) is 6.07 Å². The minimum Gasteiger partial charge on any atom is -0.454 e. The fraction of sp³-hybridized carbons (Fsp3) is 0.111. The molecule has 1 heterocycles. The van der Waals surface area contributed by atoms with Crippen LogP contribution in [-0.2, 0) is 0 Å². The Morgan fingerprint density at radius 3 is 2.87 bits per heavy atom. The topological polar surface area (TPSA) is 95.2 Å². The van der Waals surface area contributed by atoms with Crippen LogP contribution >= 0.6 is 0 Å². The van der Waals surface area contributed by atoms with Crippen molar-refractivity contribution in [3.8, 4) is 11.5 Å². The summed E-state index contributed by atoms with van der Waals surface area (Å²) in [5, 5.41) is 7.17. The maximum Gasteiger partial charge on any atom is 0.231 e. The molecule has 0 atom stereocenters. The Hall–Kier alpha value is -2.24. The molecule has 4 N–H and O–H groups in total. The Morgan fingerprint density at radius 1 is 1.27 bits per heavy atom. The van der Waals surface area contributed by atoms with Gasteiger partial charge in [-0.25, -0.2) is 0 Å². The second-order valence-corrected chi connectivity index (χ2v) is 2.88. The van der Waals surface area contributed by atoms with E-state index in [9.17, 15) is 0 Å². The van der Waals surface area contributed by atoms with E-state index in [2.05, 4.69) is 10.2 Å². The molecule has 0 spiro atoms. The van der Waals surface area contributed by atoms with Gasteiger partial charge < -0.3 is 20.9 Å². The Morgan fingerprint density at radius 2 is 2.07 bits per heavy atom. The third-order valence-electron chi connectivity index (χ3n) is 1.78. The van der Waals surface area contributed by atoms with Crippen LogP contribution in [0.1, 0.15) is 5.56 Å². The molecule has 0 saturated heterocycles. The van der Waals surface area contributed by atoms with E-state index in [0.29, 0.717) is 5.75 Å². The molecule has 0 amide bonds. The molecule has 0 radical (unpaired) electrons. The molecule has 1 aromatic rings. The quantitative estimate of drug-likeness (QED) is 0.405. The standard InChI is InChI=1S/C9H10N4O2/c10-9(11)13-12-4-6-1-2-7-8(3-6)15-5-14-7/h1-4H,5H2,(H4,10,11,13)/b12-4-. The van der Waals surface area contributed by atoms with Crippen molar-refractivity contribution in [1.82, 2.24) is 0 Å². The van der Waals surface area contributed by atoms with Gasteiger partial charge in [-0.2, -0.15) is 5.10 Å². The zero-order valence-corrected chi connectivity index (χ0v) is 7.88. The molecule has 0 aromatic heterocycles. The van der Waals surface area contributed by atoms with Crippen molar-refractivity contribution in [2.75, 3.05) is 6.79 Å². The van der Waals surface area contributed by atoms with Crippen LogP contribution in [0.3, 0.4) is 0 Å². The first-order valence-corrected chi connectivity index (χ1v) is 4.27. The average Bonchev–Trinajstić information content (AvgIpc) is 2.64. The fourth-order valence-corrected chi connectivity index (χ4v) is 1.16. The monoisotopic (exact) mass is 206 g/mol. The zero-order valence-electron chi connectivity index (χ0n) is 7.88. The summed E-state index contributed by atoms with van der Waals surface area (Å²) in [6.07, 6.45) is 1.53. The lowest BCUT2D eigenvalue weighted by molar-refractivity contribution is 0.174. The molecule has 1 aromatic carbocycles. The molecule has 1 aliphatic rings. The highest BCUT2D eigenvalue weighted by atomic mass is 16.7. The minimum absolute atomic E-state index is 0.0769. The van der Waals surface area contributed by atoms with Gasteiger partial charge in [-0.15, -0.1) is 5.10 Å². The number of hydrogen-bond donors (Lipinski definition) is 2. The first kappa shape index (κ1) is 9.32. The average molecular weight is 206 g/mol. The third kappa shape index (κ3) is 2.16. The smallest absolute Gasteiger partial charge is 0.231 e. The molecule has 0 unspecified atom stereocenters. The number of rotatable bonds is 2. The lowest BCUT2D eigenvalue weighted by atomic mass is 10.2. The molecule has 0 saturated carbocycles. The van der Waals surface area contributed by atoms with Crippen LogP contribution in [0.5, 0.6) is 11.5 Å². The maximum atomic E-state index is 5.20. The molecule has 78 valence electrons. The molecule has 1 aliphatic heterocycles. The van der Waals surface area contributed by atoms with Gasteiger partial charge >= 0.3 is 0 Å². The van der Waals surface area contributed by atoms with Crippen molar-refractivity contribution >= 4 is 12.2 Å². The van der Waals surface area contributed by atoms with Gasteiger partial charge in [0.05, 0.1) is 6.21 Å². The van der Waals surface area contributed by atoms with Crippen molar-refractivity contribution in [1.29, 1.82) is 0 Å². The molecule has 6 heteroatoms. The van der Waals surface area contributed by atoms with Crippen LogP contribution in [0.4, 0.5) is 0 Å². The van der Waals surface area contributed by atoms with E-state index in [1.165, 1.54) is 6.21 Å². The predicted molar refractivity (Wildman–Crippen MR) is 56.0 cm³/mol. The summed E-state index contributed by atoms with van der Waals surface area (Å²) in [6.45, 7) is 0.254. The van der Waals surface area contributed by atoms with E-state index >= 15 is 0 Å². The van der Waals surface area contributed by atoms with E-state index in [-0.39, 0.29) is 12.8 Å². The zero-order chi connectivity index (χ0) is 10.7. The van der Waals surface area contributed by atoms with Crippen LogP contribution in [0.2, 0.25) is 0 Å². The van der Waals surface area contributed by atoms with E-state index in [4.69, 9.17) is 20.9 Å². The number of hydrogen-bond acceptors (Lipinski definition) is 4. The minimum atomic E-state index is -0.0769. The lowest BCUT2D eigenvalue weighted by Crippen LogP contribution is -2.21. The van der Waals surface area contributed by atoms with Crippen molar-refractivity contribution in [3.63, 3.8) is 0 Å². The molecule has 0 fully saturated rings. The van der Waals surface area contributed by atoms with Gasteiger partial charge in [0, 0.05) is 0 Å². The summed E-state index contributed by atoms with van der Waals surface area (Å²) in [4.78, 5) is 0. The van der Waals surface area contributed by atoms with Crippen LogP contribution in [0, 0.1) is 0 Å². The molecule has 15 heavy (non-hydrogen) atoms. The summed E-state index contributed by atoms with van der Waals surface area (Å²) in [7, 11) is 0. The maximum absolute atomic E-state index is 5.20. The summed E-state index contributed by atoms with van der Waals surface area (Å²) in [5.41, 5.74) is 11.1. The molecule has 0 aliphatic carbocycles. The first-order valence-electron chi connectivity index (χ1n) is 4.27. The second kappa shape index (κ2) is 3.87. The van der Waals surface area contributed by atoms with Crippen molar-refractivity contribution in [2.45, 2.75) is 0 Å². The van der Waals surface area contributed by atoms with Gasteiger partial charge in [-0.05, 0) is 23.8 Å². The second-order valence-electron chi connectivity index (χ2n) is 2.88. The highest BCUT2D eigenvalue weighted by molar-refractivity contribution is 5.82. The molecule has 6 nitrogen and oxygen atoms in total. The molecule has 2 rings (SSSR count). The van der Waals surface area contributed by atoms with E-state index < -0.39 is 0 Å². The largest absolute Gasteiger partial charge is 0.454 e. The van der Waals surface area contributed by atoms with Crippen molar-refractivity contribution in [2.24, 2.45) is 21.7 Å². The molecular formula is C9H10N4O2. The predicted octanol–water partition coefficient (Wildman–Crippen LogP) is 0.0226. The number of nitrogens with two attached hydrogens (primary N) is 2. The Bertz CT molecular complexity index is 424. The van der Waals surface area contributed by atoms with Crippen molar-refractivity contribution < 1.29 is 9.47 Å². The summed E-state index contributed by atoms with van der Waals surface area (Å²) < 4.78 is 10.4. The number of fused-ring (bicyclic) bond motifs is 1. The van der Waals surface area contributed by atoms with Gasteiger partial charge in [-0.1, -0.05) is 0 Å². The summed E-state index contributed by atoms with van der Waals surface area (Å²) in [6, 6.07) is 5.44. The number of ether oxygens (including phenoxy) is 2. The van der Waals surface area contributed by atoms with Crippen LogP contribution in [-0.4, -0.2) is 19.0 Å². The first-order chi connectivity index (χ1) is 7.25. The molecule has 0 bridgehead atoms. The van der Waals surface area contributed by atoms with Gasteiger partial charge in [-0.3, -0.25) is 0 Å². The SMILES string of the molecule is NC(N)=N/N=C\c1ccc2c(c1)OCO2. The third-order valence-corrected chi connectivity index (χ3v) is 1.78. The number of nitrogens with zero attached hydrogens (tertiary/aromatic N) is 2. The normalized spacial score (nSPS) is 13.1. The highest BCUT2D eigenvalue weighted by Crippen LogP contribution is 2.31. The summed E-state index contributed by atoms with van der Waals surface area (Å²) >= 11 is 0. The lowest BCUT2D eigenvalue weighted by Gasteiger charge is -1.95. The van der Waals surface area contributed by atoms with Gasteiger partial charge in [0.1, 0.15) is 0 Å². The van der Waals surface area contributed by atoms with Crippen molar-refractivity contribution in [3.05, 3.63) is 23.8 Å². The van der Waals surface area contributed by atoms with E-state index in [0.717, 1.165) is 11.3 Å². The summed E-state index contributed by atoms with van der Waals surface area (Å²) in [5.74, 6) is 1.35. The Kier molecular flexibility index (Phi) is 2.40. The van der Waals surface area contributed by atoms with Gasteiger partial charge in [0.2, 0.25) is 12.8 Å². The Balaban J connectivity index is 2.17. The molecular weight excluding hydrogens is 196 g/mol. The number of benzene rings is 1. The highest BCUT2D eigenvalue weighted by Gasteiger charge is 2.12. The van der Waals surface area contributed by atoms with Crippen LogP contribution in [0.15, 0.2) is 28.4 Å². The van der Waals surface area contributed by atoms with E-state index in [1.54, 1.807) is 12.1 Å². The van der Waals surface area contributed by atoms with Gasteiger partial charge in [0.25, 0.3) is 0 Å². The number of guanidine groups is 1. The van der Waals surface area contributed by atoms with Crippen LogP contribution < -0.4 is 20.9 Å². The Labute approximate surface area is 86.2 Å².